The van der Waals surface area contributed by atoms with E-state index in [0.717, 1.165) is 17.3 Å². The van der Waals surface area contributed by atoms with Crippen LogP contribution < -0.4 is 5.73 Å². The lowest BCUT2D eigenvalue weighted by atomic mass is 10.1. The smallest absolute Gasteiger partial charge is 0.0625 e. The van der Waals surface area contributed by atoms with Gasteiger partial charge in [0.05, 0.1) is 5.52 Å². The highest BCUT2D eigenvalue weighted by atomic mass is 79.9. The van der Waals surface area contributed by atoms with Crippen molar-refractivity contribution in [3.63, 3.8) is 0 Å². The third-order valence-electron chi connectivity index (χ3n) is 3.28. The highest BCUT2D eigenvalue weighted by molar-refractivity contribution is 9.10. The van der Waals surface area contributed by atoms with Crippen LogP contribution in [0.1, 0.15) is 18.4 Å². The Morgan fingerprint density at radius 2 is 2.13 bits per heavy atom. The van der Waals surface area contributed by atoms with Gasteiger partial charge in [0.1, 0.15) is 0 Å². The molecule has 15 heavy (non-hydrogen) atoms. The Morgan fingerprint density at radius 3 is 2.80 bits per heavy atom. The van der Waals surface area contributed by atoms with Crippen LogP contribution >= 0.6 is 15.9 Å². The molecule has 0 saturated heterocycles. The monoisotopic (exact) mass is 264 g/mol. The van der Waals surface area contributed by atoms with Crippen LogP contribution in [0.3, 0.4) is 0 Å². The van der Waals surface area contributed by atoms with E-state index in [2.05, 4.69) is 51.9 Å². The molecule has 1 heterocycles. The summed E-state index contributed by atoms with van der Waals surface area (Å²) >= 11 is 3.59. The predicted molar refractivity (Wildman–Crippen MR) is 65.7 cm³/mol. The van der Waals surface area contributed by atoms with Gasteiger partial charge in [-0.15, -0.1) is 0 Å². The van der Waals surface area contributed by atoms with Crippen molar-refractivity contribution in [1.29, 1.82) is 0 Å². The molecule has 1 aromatic carbocycles. The third kappa shape index (κ3) is 1.26. The van der Waals surface area contributed by atoms with Gasteiger partial charge in [0.15, 0.2) is 0 Å². The molecule has 3 heteroatoms. The van der Waals surface area contributed by atoms with Gasteiger partial charge >= 0.3 is 0 Å². The Bertz CT molecular complexity index is 538. The van der Waals surface area contributed by atoms with Crippen molar-refractivity contribution in [2.24, 2.45) is 12.8 Å². The molecule has 3 rings (SSSR count). The Morgan fingerprint density at radius 1 is 1.40 bits per heavy atom. The van der Waals surface area contributed by atoms with Crippen LogP contribution in [0.25, 0.3) is 10.9 Å². The Labute approximate surface area is 97.2 Å². The van der Waals surface area contributed by atoms with Gasteiger partial charge in [0.2, 0.25) is 0 Å². The number of rotatable bonds is 1. The van der Waals surface area contributed by atoms with Crippen LogP contribution in [0.15, 0.2) is 28.9 Å². The number of fused-ring (bicyclic) bond motifs is 1. The molecule has 1 fully saturated rings. The Kier molecular flexibility index (Phi) is 1.80. The van der Waals surface area contributed by atoms with E-state index in [1.165, 1.54) is 16.5 Å². The minimum atomic E-state index is -0.0553. The molecule has 2 N–H and O–H groups in total. The first-order valence-corrected chi connectivity index (χ1v) is 5.94. The average Bonchev–Trinajstić information content (AvgIpc) is 2.83. The summed E-state index contributed by atoms with van der Waals surface area (Å²) in [5.41, 5.74) is 8.75. The van der Waals surface area contributed by atoms with Crippen LogP contribution in [-0.4, -0.2) is 4.57 Å². The molecule has 0 atom stereocenters. The number of nitrogens with zero attached hydrogens (tertiary/aromatic N) is 1. The van der Waals surface area contributed by atoms with Crippen LogP contribution in [0, 0.1) is 0 Å². The molecule has 1 saturated carbocycles. The first kappa shape index (κ1) is 9.43. The van der Waals surface area contributed by atoms with Crippen LogP contribution in [0.5, 0.6) is 0 Å². The van der Waals surface area contributed by atoms with Crippen LogP contribution in [0.2, 0.25) is 0 Å². The topological polar surface area (TPSA) is 30.9 Å². The summed E-state index contributed by atoms with van der Waals surface area (Å²) in [6.07, 6.45) is 4.39. The predicted octanol–water partition coefficient (Wildman–Crippen LogP) is 2.89. The molecule has 0 radical (unpaired) electrons. The summed E-state index contributed by atoms with van der Waals surface area (Å²) in [6, 6.07) is 6.30. The summed E-state index contributed by atoms with van der Waals surface area (Å²) < 4.78 is 3.29. The number of nitrogens with two attached hydrogens (primary N) is 1. The molecule has 0 amide bonds. The van der Waals surface area contributed by atoms with Gasteiger partial charge < -0.3 is 10.3 Å². The zero-order valence-electron chi connectivity index (χ0n) is 8.63. The first-order chi connectivity index (χ1) is 7.12. The fraction of sp³-hybridized carbons (Fsp3) is 0.333. The summed E-state index contributed by atoms with van der Waals surface area (Å²) in [5, 5.41) is 1.28. The standard InChI is InChI=1S/C12H13BrN2/c1-15-7-9(12(14)5-6-12)8-3-2-4-10(13)11(8)15/h2-4,7H,5-6,14H2,1H3. The van der Waals surface area contributed by atoms with Gasteiger partial charge in [0, 0.05) is 28.6 Å². The normalized spacial score (nSPS) is 18.3. The number of benzene rings is 1. The van der Waals surface area contributed by atoms with Gasteiger partial charge in [-0.2, -0.15) is 0 Å². The second-order valence-electron chi connectivity index (χ2n) is 4.45. The second kappa shape index (κ2) is 2.86. The van der Waals surface area contributed by atoms with Crippen molar-refractivity contribution >= 4 is 26.8 Å². The van der Waals surface area contributed by atoms with Crippen molar-refractivity contribution in [3.8, 4) is 0 Å². The maximum absolute atomic E-state index is 6.27. The van der Waals surface area contributed by atoms with E-state index in [-0.39, 0.29) is 5.54 Å². The van der Waals surface area contributed by atoms with E-state index in [1.807, 2.05) is 0 Å². The molecule has 1 aliphatic carbocycles. The summed E-state index contributed by atoms with van der Waals surface area (Å²) in [7, 11) is 2.07. The molecule has 78 valence electrons. The maximum atomic E-state index is 6.27. The third-order valence-corrected chi connectivity index (χ3v) is 3.92. The first-order valence-electron chi connectivity index (χ1n) is 5.15. The number of hydrogen-bond donors (Lipinski definition) is 1. The zero-order chi connectivity index (χ0) is 10.6. The Hall–Kier alpha value is -0.800. The van der Waals surface area contributed by atoms with Crippen molar-refractivity contribution in [3.05, 3.63) is 34.4 Å². The van der Waals surface area contributed by atoms with E-state index in [1.54, 1.807) is 0 Å². The molecule has 0 unspecified atom stereocenters. The minimum absolute atomic E-state index is 0.0553. The van der Waals surface area contributed by atoms with Crippen molar-refractivity contribution in [2.75, 3.05) is 0 Å². The van der Waals surface area contributed by atoms with Gasteiger partial charge in [-0.3, -0.25) is 0 Å². The lowest BCUT2D eigenvalue weighted by Gasteiger charge is -2.06. The molecule has 1 aromatic heterocycles. The Balaban J connectivity index is 2.38. The number of halogens is 1. The van der Waals surface area contributed by atoms with Crippen molar-refractivity contribution in [1.82, 2.24) is 4.57 Å². The average molecular weight is 265 g/mol. The molecule has 2 nitrogen and oxygen atoms in total. The lowest BCUT2D eigenvalue weighted by molar-refractivity contribution is 0.741. The van der Waals surface area contributed by atoms with E-state index >= 15 is 0 Å². The second-order valence-corrected chi connectivity index (χ2v) is 5.30. The van der Waals surface area contributed by atoms with Crippen LogP contribution in [-0.2, 0) is 12.6 Å². The van der Waals surface area contributed by atoms with Gasteiger partial charge in [0.25, 0.3) is 0 Å². The number of aryl methyl sites for hydroxylation is 1. The van der Waals surface area contributed by atoms with Gasteiger partial charge in [-0.25, -0.2) is 0 Å². The molecule has 0 spiro atoms. The van der Waals surface area contributed by atoms with Gasteiger partial charge in [-0.05, 0) is 40.4 Å². The summed E-state index contributed by atoms with van der Waals surface area (Å²) in [6.45, 7) is 0. The zero-order valence-corrected chi connectivity index (χ0v) is 10.2. The summed E-state index contributed by atoms with van der Waals surface area (Å²) in [4.78, 5) is 0. The van der Waals surface area contributed by atoms with E-state index in [0.29, 0.717) is 0 Å². The molecule has 0 aliphatic heterocycles. The maximum Gasteiger partial charge on any atom is 0.0625 e. The highest BCUT2D eigenvalue weighted by Crippen LogP contribution is 2.46. The molecule has 2 aromatic rings. The number of hydrogen-bond acceptors (Lipinski definition) is 1. The fourth-order valence-corrected chi connectivity index (χ4v) is 2.87. The molecular formula is C12H13BrN2. The lowest BCUT2D eigenvalue weighted by Crippen LogP contribution is -2.18. The van der Waals surface area contributed by atoms with Gasteiger partial charge in [-0.1, -0.05) is 12.1 Å². The largest absolute Gasteiger partial charge is 0.349 e. The highest BCUT2D eigenvalue weighted by Gasteiger charge is 2.42. The quantitative estimate of drug-likeness (QED) is 0.844. The van der Waals surface area contributed by atoms with Crippen molar-refractivity contribution < 1.29 is 0 Å². The minimum Gasteiger partial charge on any atom is -0.349 e. The van der Waals surface area contributed by atoms with Crippen LogP contribution in [0.4, 0.5) is 0 Å². The summed E-state index contributed by atoms with van der Waals surface area (Å²) in [5.74, 6) is 0. The number of aromatic nitrogens is 1. The van der Waals surface area contributed by atoms with E-state index in [4.69, 9.17) is 5.73 Å². The fourth-order valence-electron chi connectivity index (χ4n) is 2.22. The molecular weight excluding hydrogens is 252 g/mol. The number of para-hydroxylation sites is 1. The van der Waals surface area contributed by atoms with E-state index in [9.17, 15) is 0 Å². The SMILES string of the molecule is Cn1cc(C2(N)CC2)c2cccc(Br)c21. The van der Waals surface area contributed by atoms with E-state index < -0.39 is 0 Å². The molecule has 0 bridgehead atoms. The van der Waals surface area contributed by atoms with Crippen molar-refractivity contribution in [2.45, 2.75) is 18.4 Å². The molecule has 1 aliphatic rings.